The summed E-state index contributed by atoms with van der Waals surface area (Å²) >= 11 is 1.97. The van der Waals surface area contributed by atoms with E-state index in [0.717, 1.165) is 5.56 Å². The Bertz CT molecular complexity index is 2460. The summed E-state index contributed by atoms with van der Waals surface area (Å²) in [5, 5.41) is 13.1. The maximum absolute atomic E-state index is 15.5. The molecule has 61 heavy (non-hydrogen) atoms. The van der Waals surface area contributed by atoms with Crippen LogP contribution in [-0.2, 0) is 44.4 Å². The van der Waals surface area contributed by atoms with Crippen LogP contribution in [0.5, 0.6) is 17.2 Å². The summed E-state index contributed by atoms with van der Waals surface area (Å²) in [4.78, 5) is 14.8. The van der Waals surface area contributed by atoms with Crippen molar-refractivity contribution in [3.05, 3.63) is 105 Å². The molecular formula is C42H50IN7O9S2. The first-order valence-electron chi connectivity index (χ1n) is 19.5. The Morgan fingerprint density at radius 3 is 1.89 bits per heavy atom. The van der Waals surface area contributed by atoms with Crippen molar-refractivity contribution in [2.24, 2.45) is 5.92 Å². The van der Waals surface area contributed by atoms with Crippen molar-refractivity contribution >= 4 is 48.7 Å². The highest BCUT2D eigenvalue weighted by molar-refractivity contribution is 14.1. The van der Waals surface area contributed by atoms with Crippen LogP contribution in [0.3, 0.4) is 0 Å². The molecule has 1 aliphatic heterocycles. The van der Waals surface area contributed by atoms with Crippen LogP contribution < -0.4 is 18.9 Å². The van der Waals surface area contributed by atoms with Gasteiger partial charge in [0.2, 0.25) is 25.9 Å². The first kappa shape index (κ1) is 45.7. The highest BCUT2D eigenvalue weighted by atomic mass is 127. The molecule has 0 radical (unpaired) electrons. The van der Waals surface area contributed by atoms with Crippen LogP contribution in [0, 0.1) is 9.49 Å². The SMILES string of the molecule is COc1ccc(CN(Cc2ccc(OC)cc2)S(=O)(=O)c2c(S(=O)(=O)NC[C@@H]3CCCN(C(=O)OC(C)(C)C)C3)ccc(I)c2-c2nnn(Cc3ccc(OC)cc3)n2)cc1. The zero-order valence-corrected chi connectivity index (χ0v) is 38.7. The number of carbonyl (C=O) groups is 1. The maximum Gasteiger partial charge on any atom is 0.410 e. The molecule has 0 aliphatic carbocycles. The molecule has 1 aromatic heterocycles. The summed E-state index contributed by atoms with van der Waals surface area (Å²) < 4.78 is 86.1. The number of tetrazole rings is 1. The molecule has 5 aromatic rings. The van der Waals surface area contributed by atoms with E-state index in [0.29, 0.717) is 51.3 Å². The molecule has 326 valence electrons. The van der Waals surface area contributed by atoms with E-state index in [1.54, 1.807) is 93.4 Å². The second kappa shape index (κ2) is 19.5. The first-order chi connectivity index (χ1) is 29.0. The van der Waals surface area contributed by atoms with Crippen LogP contribution in [0.25, 0.3) is 11.4 Å². The van der Waals surface area contributed by atoms with Gasteiger partial charge in [-0.3, -0.25) is 0 Å². The van der Waals surface area contributed by atoms with E-state index < -0.39 is 41.5 Å². The van der Waals surface area contributed by atoms with Gasteiger partial charge in [0.15, 0.2) is 0 Å². The van der Waals surface area contributed by atoms with E-state index in [2.05, 4.69) is 20.1 Å². The number of rotatable bonds is 16. The highest BCUT2D eigenvalue weighted by Crippen LogP contribution is 2.38. The highest BCUT2D eigenvalue weighted by Gasteiger charge is 2.38. The van der Waals surface area contributed by atoms with Gasteiger partial charge in [-0.2, -0.15) is 9.10 Å². The van der Waals surface area contributed by atoms with Crippen molar-refractivity contribution in [3.63, 3.8) is 0 Å². The van der Waals surface area contributed by atoms with Crippen molar-refractivity contribution in [2.75, 3.05) is 41.0 Å². The van der Waals surface area contributed by atoms with Crippen molar-refractivity contribution in [1.82, 2.24) is 34.1 Å². The molecule has 19 heteroatoms. The van der Waals surface area contributed by atoms with E-state index in [1.165, 1.54) is 35.5 Å². The summed E-state index contributed by atoms with van der Waals surface area (Å²) in [6.07, 6.45) is 0.809. The van der Waals surface area contributed by atoms with Crippen molar-refractivity contribution in [2.45, 2.75) is 68.6 Å². The van der Waals surface area contributed by atoms with Crippen molar-refractivity contribution in [3.8, 4) is 28.6 Å². The van der Waals surface area contributed by atoms with Gasteiger partial charge in [-0.05, 0) is 133 Å². The van der Waals surface area contributed by atoms with Gasteiger partial charge >= 0.3 is 6.09 Å². The van der Waals surface area contributed by atoms with E-state index in [1.807, 2.05) is 34.7 Å². The van der Waals surface area contributed by atoms with Gasteiger partial charge in [-0.15, -0.1) is 10.2 Å². The molecular weight excluding hydrogens is 938 g/mol. The Kier molecular flexibility index (Phi) is 14.6. The lowest BCUT2D eigenvalue weighted by molar-refractivity contribution is 0.0169. The monoisotopic (exact) mass is 987 g/mol. The number of sulfonamides is 2. The Morgan fingerprint density at radius 1 is 0.820 bits per heavy atom. The topological polar surface area (TPSA) is 184 Å². The molecule has 0 saturated carbocycles. The van der Waals surface area contributed by atoms with Crippen LogP contribution in [0.2, 0.25) is 0 Å². The fourth-order valence-electron chi connectivity index (χ4n) is 6.77. The second-order valence-corrected chi connectivity index (χ2v) is 20.3. The van der Waals surface area contributed by atoms with Crippen LogP contribution in [0.1, 0.15) is 50.3 Å². The molecule has 1 aliphatic rings. The van der Waals surface area contributed by atoms with Crippen LogP contribution in [0.4, 0.5) is 4.79 Å². The fraction of sp³-hybridized carbons (Fsp3) is 0.381. The predicted molar refractivity (Wildman–Crippen MR) is 236 cm³/mol. The quantitative estimate of drug-likeness (QED) is 0.109. The molecule has 16 nitrogen and oxygen atoms in total. The number of likely N-dealkylation sites (tertiary alicyclic amines) is 1. The molecule has 1 atom stereocenters. The number of hydrogen-bond acceptors (Lipinski definition) is 12. The Balaban J connectivity index is 1.43. The van der Waals surface area contributed by atoms with Gasteiger partial charge in [0.25, 0.3) is 0 Å². The van der Waals surface area contributed by atoms with E-state index >= 15 is 8.42 Å². The molecule has 2 heterocycles. The molecule has 4 aromatic carbocycles. The average molecular weight is 988 g/mol. The number of ether oxygens (including phenoxy) is 4. The van der Waals surface area contributed by atoms with Crippen molar-refractivity contribution < 1.29 is 40.6 Å². The molecule has 0 spiro atoms. The minimum atomic E-state index is -4.74. The average Bonchev–Trinajstić information content (AvgIpc) is 3.70. The third kappa shape index (κ3) is 11.6. The summed E-state index contributed by atoms with van der Waals surface area (Å²) in [5.74, 6) is 1.50. The summed E-state index contributed by atoms with van der Waals surface area (Å²) in [6, 6.07) is 24.0. The van der Waals surface area contributed by atoms with Crippen LogP contribution in [-0.4, -0.2) is 98.9 Å². The zero-order valence-electron chi connectivity index (χ0n) is 34.9. The molecule has 0 bridgehead atoms. The van der Waals surface area contributed by atoms with Crippen molar-refractivity contribution in [1.29, 1.82) is 0 Å². The third-order valence-corrected chi connectivity index (χ3v) is 14.3. The lowest BCUT2D eigenvalue weighted by Crippen LogP contribution is -2.45. The lowest BCUT2D eigenvalue weighted by atomic mass is 9.99. The number of piperidine rings is 1. The Labute approximate surface area is 370 Å². The number of nitrogens with one attached hydrogen (secondary N) is 1. The van der Waals surface area contributed by atoms with Gasteiger partial charge in [0, 0.05) is 36.3 Å². The van der Waals surface area contributed by atoms with Crippen LogP contribution in [0.15, 0.2) is 94.7 Å². The smallest absolute Gasteiger partial charge is 0.410 e. The standard InChI is InChI=1S/C42H50IN7O9S2/c1-42(2,3)59-41(51)48-23-7-8-32(25-48)24-44-60(52,53)37-22-21-36(43)38(40-45-47-50(46-40)28-31-13-19-35(58-6)20-14-31)39(37)61(54,55)49(26-29-9-15-33(56-4)16-10-29)27-30-11-17-34(57-5)18-12-30/h9-22,32,44H,7-8,23-28H2,1-6H3/t32-/m0/s1. The minimum Gasteiger partial charge on any atom is -0.497 e. The third-order valence-electron chi connectivity index (χ3n) is 9.89. The fourth-order valence-corrected chi connectivity index (χ4v) is 11.2. The van der Waals surface area contributed by atoms with Gasteiger partial charge in [-0.1, -0.05) is 36.4 Å². The van der Waals surface area contributed by atoms with Gasteiger partial charge in [0.1, 0.15) is 32.6 Å². The minimum absolute atomic E-state index is 0.0207. The number of amides is 1. The Hall–Kier alpha value is -4.83. The number of hydrogen-bond donors (Lipinski definition) is 1. The summed E-state index contributed by atoms with van der Waals surface area (Å²) in [7, 11) is -4.64. The molecule has 1 N–H and O–H groups in total. The second-order valence-electron chi connectivity index (χ2n) is 15.5. The van der Waals surface area contributed by atoms with E-state index in [4.69, 9.17) is 18.9 Å². The van der Waals surface area contributed by atoms with Gasteiger partial charge in [0.05, 0.1) is 33.4 Å². The number of nitrogens with zero attached hydrogens (tertiary/aromatic N) is 6. The maximum atomic E-state index is 15.5. The number of methoxy groups -OCH3 is 3. The lowest BCUT2D eigenvalue weighted by Gasteiger charge is -2.34. The first-order valence-corrected chi connectivity index (χ1v) is 23.5. The largest absolute Gasteiger partial charge is 0.497 e. The van der Waals surface area contributed by atoms with Gasteiger partial charge < -0.3 is 23.8 Å². The molecule has 1 fully saturated rings. The number of benzene rings is 4. The molecule has 0 unspecified atom stereocenters. The number of halogens is 1. The summed E-state index contributed by atoms with van der Waals surface area (Å²) in [5.41, 5.74) is 1.37. The van der Waals surface area contributed by atoms with Crippen LogP contribution >= 0.6 is 22.6 Å². The molecule has 1 amide bonds. The Morgan fingerprint density at radius 2 is 1.36 bits per heavy atom. The number of carbonyl (C=O) groups excluding carboxylic acids is 1. The van der Waals surface area contributed by atoms with Gasteiger partial charge in [-0.25, -0.2) is 26.4 Å². The zero-order chi connectivity index (χ0) is 44.0. The number of aromatic nitrogens is 4. The van der Waals surface area contributed by atoms with E-state index in [9.17, 15) is 13.2 Å². The molecule has 6 rings (SSSR count). The normalized spacial score (nSPS) is 14.8. The molecule has 1 saturated heterocycles. The summed E-state index contributed by atoms with van der Waals surface area (Å²) in [6.45, 7) is 5.98. The van der Waals surface area contributed by atoms with E-state index in [-0.39, 0.29) is 50.0 Å². The predicted octanol–water partition coefficient (Wildman–Crippen LogP) is 6.34.